The van der Waals surface area contributed by atoms with Crippen molar-refractivity contribution in [1.29, 1.82) is 0 Å². The summed E-state index contributed by atoms with van der Waals surface area (Å²) in [6.45, 7) is 3.73. The highest BCUT2D eigenvalue weighted by Gasteiger charge is 2.38. The molecule has 0 radical (unpaired) electrons. The maximum atomic E-state index is 11.9. The van der Waals surface area contributed by atoms with Crippen LogP contribution in [0.3, 0.4) is 0 Å². The summed E-state index contributed by atoms with van der Waals surface area (Å²) in [6.07, 6.45) is 5.57. The number of carbonyl (C=O) groups is 1. The van der Waals surface area contributed by atoms with E-state index in [-0.39, 0.29) is 11.3 Å². The largest absolute Gasteiger partial charge is 0.354 e. The van der Waals surface area contributed by atoms with E-state index >= 15 is 0 Å². The van der Waals surface area contributed by atoms with Crippen molar-refractivity contribution in [3.63, 3.8) is 0 Å². The summed E-state index contributed by atoms with van der Waals surface area (Å²) < 4.78 is 0. The minimum absolute atomic E-state index is 0.0340. The first-order chi connectivity index (χ1) is 6.75. The molecule has 0 heterocycles. The van der Waals surface area contributed by atoms with Crippen molar-refractivity contribution in [1.82, 2.24) is 10.6 Å². The first-order valence-corrected chi connectivity index (χ1v) is 5.68. The van der Waals surface area contributed by atoms with Crippen molar-refractivity contribution >= 4 is 5.91 Å². The van der Waals surface area contributed by atoms with Gasteiger partial charge in [0.05, 0.1) is 0 Å². The molecule has 1 aliphatic rings. The van der Waals surface area contributed by atoms with Gasteiger partial charge in [-0.15, -0.1) is 0 Å². The first-order valence-electron chi connectivity index (χ1n) is 5.68. The van der Waals surface area contributed by atoms with Crippen LogP contribution in [0.2, 0.25) is 0 Å². The molecule has 0 spiro atoms. The Labute approximate surface area is 86.6 Å². The zero-order valence-electron chi connectivity index (χ0n) is 9.36. The maximum Gasteiger partial charge on any atom is 0.226 e. The third kappa shape index (κ3) is 2.47. The smallest absolute Gasteiger partial charge is 0.226 e. The molecule has 1 amide bonds. The maximum absolute atomic E-state index is 11.9. The quantitative estimate of drug-likeness (QED) is 0.654. The Morgan fingerprint density at radius 2 is 1.93 bits per heavy atom. The third-order valence-electron chi connectivity index (χ3n) is 3.38. The van der Waals surface area contributed by atoms with Gasteiger partial charge in [0.2, 0.25) is 5.91 Å². The summed E-state index contributed by atoms with van der Waals surface area (Å²) in [5, 5.41) is 6.05. The average Bonchev–Trinajstić information content (AvgIpc) is 2.67. The summed E-state index contributed by atoms with van der Waals surface area (Å²) in [5.41, 5.74) is -0.0340. The molecule has 0 bridgehead atoms. The number of hydrogen-bond donors (Lipinski definition) is 2. The van der Waals surface area contributed by atoms with Crippen molar-refractivity contribution in [3.8, 4) is 0 Å². The van der Waals surface area contributed by atoms with Crippen molar-refractivity contribution in [2.24, 2.45) is 5.41 Å². The van der Waals surface area contributed by atoms with E-state index < -0.39 is 0 Å². The molecule has 0 atom stereocenters. The lowest BCUT2D eigenvalue weighted by Gasteiger charge is -2.25. The minimum Gasteiger partial charge on any atom is -0.354 e. The highest BCUT2D eigenvalue weighted by atomic mass is 16.2. The van der Waals surface area contributed by atoms with E-state index in [0.717, 1.165) is 32.4 Å². The van der Waals surface area contributed by atoms with Crippen LogP contribution in [-0.4, -0.2) is 26.0 Å². The van der Waals surface area contributed by atoms with E-state index in [2.05, 4.69) is 17.6 Å². The molecule has 2 N–H and O–H groups in total. The highest BCUT2D eigenvalue weighted by molar-refractivity contribution is 5.82. The van der Waals surface area contributed by atoms with E-state index in [1.54, 1.807) is 0 Å². The Bertz CT molecular complexity index is 186. The lowest BCUT2D eigenvalue weighted by atomic mass is 9.82. The van der Waals surface area contributed by atoms with Gasteiger partial charge in [0.15, 0.2) is 0 Å². The molecule has 3 nitrogen and oxygen atoms in total. The second kappa shape index (κ2) is 5.35. The van der Waals surface area contributed by atoms with Gasteiger partial charge in [-0.2, -0.15) is 0 Å². The summed E-state index contributed by atoms with van der Waals surface area (Å²) in [6, 6.07) is 0. The number of carbonyl (C=O) groups excluding carboxylic acids is 1. The van der Waals surface area contributed by atoms with Crippen LogP contribution < -0.4 is 10.6 Å². The molecule has 0 aromatic carbocycles. The molecule has 1 saturated carbocycles. The van der Waals surface area contributed by atoms with Crippen LogP contribution in [0, 0.1) is 5.41 Å². The summed E-state index contributed by atoms with van der Waals surface area (Å²) in [4.78, 5) is 11.9. The molecule has 0 aromatic heterocycles. The zero-order chi connectivity index (χ0) is 10.4. The Hall–Kier alpha value is -0.570. The number of hydrogen-bond acceptors (Lipinski definition) is 2. The van der Waals surface area contributed by atoms with Crippen molar-refractivity contribution < 1.29 is 4.79 Å². The van der Waals surface area contributed by atoms with Gasteiger partial charge >= 0.3 is 0 Å². The van der Waals surface area contributed by atoms with Crippen molar-refractivity contribution in [2.75, 3.05) is 20.1 Å². The number of nitrogens with one attached hydrogen (secondary N) is 2. The first kappa shape index (κ1) is 11.5. The molecule has 14 heavy (non-hydrogen) atoms. The lowest BCUT2D eigenvalue weighted by molar-refractivity contribution is -0.130. The van der Waals surface area contributed by atoms with Crippen LogP contribution in [-0.2, 0) is 4.79 Å². The number of likely N-dealkylation sites (N-methyl/N-ethyl adjacent to an activating group) is 1. The fourth-order valence-electron chi connectivity index (χ4n) is 2.28. The molecule has 1 rings (SSSR count). The molecule has 3 heteroatoms. The molecular formula is C11H22N2O. The Balaban J connectivity index is 2.40. The predicted molar refractivity (Wildman–Crippen MR) is 58.1 cm³/mol. The van der Waals surface area contributed by atoms with E-state index in [4.69, 9.17) is 0 Å². The van der Waals surface area contributed by atoms with Gasteiger partial charge in [0.25, 0.3) is 0 Å². The van der Waals surface area contributed by atoms with Crippen LogP contribution in [0.1, 0.15) is 39.0 Å². The Morgan fingerprint density at radius 3 is 2.43 bits per heavy atom. The number of amides is 1. The zero-order valence-corrected chi connectivity index (χ0v) is 9.36. The Kier molecular flexibility index (Phi) is 4.39. The molecule has 0 saturated heterocycles. The molecular weight excluding hydrogens is 176 g/mol. The normalized spacial score (nSPS) is 19.6. The monoisotopic (exact) mass is 198 g/mol. The van der Waals surface area contributed by atoms with Gasteiger partial charge in [-0.1, -0.05) is 19.8 Å². The predicted octanol–water partition coefficient (Wildman–Crippen LogP) is 1.29. The lowest BCUT2D eigenvalue weighted by Crippen LogP contribution is -2.41. The van der Waals surface area contributed by atoms with Crippen molar-refractivity contribution in [2.45, 2.75) is 39.0 Å². The molecule has 82 valence electrons. The summed E-state index contributed by atoms with van der Waals surface area (Å²) >= 11 is 0. The second-order valence-corrected chi connectivity index (χ2v) is 4.20. The number of rotatable bonds is 5. The van der Waals surface area contributed by atoms with Crippen LogP contribution in [0.5, 0.6) is 0 Å². The molecule has 0 aromatic rings. The minimum atomic E-state index is -0.0340. The van der Waals surface area contributed by atoms with Crippen LogP contribution in [0.4, 0.5) is 0 Å². The third-order valence-corrected chi connectivity index (χ3v) is 3.38. The van der Waals surface area contributed by atoms with Gasteiger partial charge in [0, 0.05) is 18.5 Å². The van der Waals surface area contributed by atoms with E-state index in [0.29, 0.717) is 0 Å². The molecule has 1 aliphatic carbocycles. The van der Waals surface area contributed by atoms with Gasteiger partial charge in [-0.25, -0.2) is 0 Å². The van der Waals surface area contributed by atoms with E-state index in [9.17, 15) is 4.79 Å². The standard InChI is InChI=1S/C11H22N2O/c1-3-11(6-4-5-7-11)10(14)13-9-8-12-2/h12H,3-9H2,1-2H3,(H,13,14). The van der Waals surface area contributed by atoms with Crippen LogP contribution >= 0.6 is 0 Å². The van der Waals surface area contributed by atoms with Gasteiger partial charge < -0.3 is 10.6 Å². The van der Waals surface area contributed by atoms with Gasteiger partial charge in [-0.05, 0) is 26.3 Å². The summed E-state index contributed by atoms with van der Waals surface area (Å²) in [7, 11) is 1.90. The van der Waals surface area contributed by atoms with Crippen LogP contribution in [0.15, 0.2) is 0 Å². The Morgan fingerprint density at radius 1 is 1.29 bits per heavy atom. The van der Waals surface area contributed by atoms with Gasteiger partial charge in [-0.3, -0.25) is 4.79 Å². The molecule has 0 unspecified atom stereocenters. The fourth-order valence-corrected chi connectivity index (χ4v) is 2.28. The average molecular weight is 198 g/mol. The fraction of sp³-hybridized carbons (Fsp3) is 0.909. The van der Waals surface area contributed by atoms with Crippen LogP contribution in [0.25, 0.3) is 0 Å². The van der Waals surface area contributed by atoms with Gasteiger partial charge in [0.1, 0.15) is 0 Å². The van der Waals surface area contributed by atoms with E-state index in [1.165, 1.54) is 12.8 Å². The topological polar surface area (TPSA) is 41.1 Å². The highest BCUT2D eigenvalue weighted by Crippen LogP contribution is 2.40. The SMILES string of the molecule is CCC1(C(=O)NCCNC)CCCC1. The van der Waals surface area contributed by atoms with E-state index in [1.807, 2.05) is 7.05 Å². The molecule has 0 aliphatic heterocycles. The second-order valence-electron chi connectivity index (χ2n) is 4.20. The van der Waals surface area contributed by atoms with Crippen molar-refractivity contribution in [3.05, 3.63) is 0 Å². The molecule has 1 fully saturated rings. The summed E-state index contributed by atoms with van der Waals surface area (Å²) in [5.74, 6) is 0.271.